The molecule has 1 unspecified atom stereocenters. The summed E-state index contributed by atoms with van der Waals surface area (Å²) in [7, 11) is 1.56. The van der Waals surface area contributed by atoms with Crippen LogP contribution < -0.4 is 10.5 Å². The third-order valence-electron chi connectivity index (χ3n) is 3.26. The fraction of sp³-hybridized carbons (Fsp3) is 0.533. The number of benzene rings is 1. The second kappa shape index (κ2) is 7.67. The van der Waals surface area contributed by atoms with Crippen LogP contribution in [0, 0.1) is 0 Å². The van der Waals surface area contributed by atoms with E-state index in [1.807, 2.05) is 6.07 Å². The van der Waals surface area contributed by atoms with Crippen molar-refractivity contribution in [1.82, 2.24) is 0 Å². The molecule has 0 spiro atoms. The summed E-state index contributed by atoms with van der Waals surface area (Å²) in [6.07, 6.45) is 4.53. The standard InChI is InChI=1S/C15H23NO3/c1-3-4-5-6-11(9-15(16)18)13-8-7-12(17)10-14(13)19-2/h7-8,10-11,17H,3-6,9H2,1-2H3,(H2,16,18). The van der Waals surface area contributed by atoms with E-state index in [9.17, 15) is 9.90 Å². The van der Waals surface area contributed by atoms with E-state index in [2.05, 4.69) is 6.92 Å². The Morgan fingerprint density at radius 2 is 2.16 bits per heavy atom. The number of hydrogen-bond acceptors (Lipinski definition) is 3. The topological polar surface area (TPSA) is 72.6 Å². The number of unbranched alkanes of at least 4 members (excludes halogenated alkanes) is 2. The van der Waals surface area contributed by atoms with Crippen molar-refractivity contribution >= 4 is 5.91 Å². The van der Waals surface area contributed by atoms with Crippen LogP contribution in [0.4, 0.5) is 0 Å². The highest BCUT2D eigenvalue weighted by atomic mass is 16.5. The SMILES string of the molecule is CCCCCC(CC(N)=O)c1ccc(O)cc1OC. The lowest BCUT2D eigenvalue weighted by atomic mass is 9.89. The van der Waals surface area contributed by atoms with Gasteiger partial charge in [0.1, 0.15) is 11.5 Å². The fourth-order valence-corrected chi connectivity index (χ4v) is 2.29. The van der Waals surface area contributed by atoms with Crippen LogP contribution in [0.3, 0.4) is 0 Å². The molecule has 1 amide bonds. The highest BCUT2D eigenvalue weighted by Gasteiger charge is 2.18. The van der Waals surface area contributed by atoms with Crippen LogP contribution in [0.15, 0.2) is 18.2 Å². The van der Waals surface area contributed by atoms with Crippen LogP contribution in [0.1, 0.15) is 50.5 Å². The van der Waals surface area contributed by atoms with Gasteiger partial charge in [-0.2, -0.15) is 0 Å². The number of carbonyl (C=O) groups is 1. The third kappa shape index (κ3) is 4.81. The number of phenols is 1. The Morgan fingerprint density at radius 3 is 2.74 bits per heavy atom. The number of primary amides is 1. The molecular formula is C15H23NO3. The number of phenolic OH excluding ortho intramolecular Hbond substituents is 1. The Hall–Kier alpha value is -1.71. The molecule has 1 aromatic carbocycles. The van der Waals surface area contributed by atoms with Crippen LogP contribution in [-0.4, -0.2) is 18.1 Å². The lowest BCUT2D eigenvalue weighted by Crippen LogP contribution is -2.16. The summed E-state index contributed by atoms with van der Waals surface area (Å²) < 4.78 is 5.28. The lowest BCUT2D eigenvalue weighted by Gasteiger charge is -2.18. The Kier molecular flexibility index (Phi) is 6.19. The number of amides is 1. The lowest BCUT2D eigenvalue weighted by molar-refractivity contribution is -0.118. The molecular weight excluding hydrogens is 242 g/mol. The second-order valence-corrected chi connectivity index (χ2v) is 4.79. The summed E-state index contributed by atoms with van der Waals surface area (Å²) in [4.78, 5) is 11.2. The minimum absolute atomic E-state index is 0.0552. The zero-order chi connectivity index (χ0) is 14.3. The maximum atomic E-state index is 11.2. The smallest absolute Gasteiger partial charge is 0.218 e. The van der Waals surface area contributed by atoms with Gasteiger partial charge in [-0.25, -0.2) is 0 Å². The molecule has 0 aliphatic carbocycles. The molecule has 0 bridgehead atoms. The molecule has 106 valence electrons. The Bertz CT molecular complexity index is 418. The van der Waals surface area contributed by atoms with Crippen LogP contribution in [0.25, 0.3) is 0 Å². The number of hydrogen-bond donors (Lipinski definition) is 2. The summed E-state index contributed by atoms with van der Waals surface area (Å²) in [5.41, 5.74) is 6.27. The summed E-state index contributed by atoms with van der Waals surface area (Å²) in [5, 5.41) is 9.47. The number of aromatic hydroxyl groups is 1. The first-order chi connectivity index (χ1) is 9.08. The van der Waals surface area contributed by atoms with Gasteiger partial charge in [0.15, 0.2) is 0 Å². The van der Waals surface area contributed by atoms with Crippen LogP contribution in [0.5, 0.6) is 11.5 Å². The molecule has 0 radical (unpaired) electrons. The molecule has 0 saturated carbocycles. The fourth-order valence-electron chi connectivity index (χ4n) is 2.29. The maximum absolute atomic E-state index is 11.2. The minimum Gasteiger partial charge on any atom is -0.508 e. The normalized spacial score (nSPS) is 12.1. The molecule has 1 atom stereocenters. The highest BCUT2D eigenvalue weighted by Crippen LogP contribution is 2.35. The van der Waals surface area contributed by atoms with Crippen molar-refractivity contribution in [2.75, 3.05) is 7.11 Å². The van der Waals surface area contributed by atoms with E-state index >= 15 is 0 Å². The van der Waals surface area contributed by atoms with E-state index < -0.39 is 0 Å². The summed E-state index contributed by atoms with van der Waals surface area (Å²) in [6, 6.07) is 5.00. The Labute approximate surface area is 114 Å². The second-order valence-electron chi connectivity index (χ2n) is 4.79. The Balaban J connectivity index is 2.91. The van der Waals surface area contributed by atoms with Gasteiger partial charge in [0.2, 0.25) is 5.91 Å². The molecule has 1 rings (SSSR count). The average Bonchev–Trinajstić information content (AvgIpc) is 2.37. The van der Waals surface area contributed by atoms with Crippen LogP contribution in [0.2, 0.25) is 0 Å². The zero-order valence-corrected chi connectivity index (χ0v) is 11.7. The van der Waals surface area contributed by atoms with Gasteiger partial charge in [-0.1, -0.05) is 32.3 Å². The van der Waals surface area contributed by atoms with Crippen molar-refractivity contribution in [3.8, 4) is 11.5 Å². The van der Waals surface area contributed by atoms with Gasteiger partial charge >= 0.3 is 0 Å². The van der Waals surface area contributed by atoms with E-state index in [0.717, 1.165) is 31.2 Å². The summed E-state index contributed by atoms with van der Waals surface area (Å²) >= 11 is 0. The third-order valence-corrected chi connectivity index (χ3v) is 3.26. The van der Waals surface area contributed by atoms with Crippen molar-refractivity contribution in [2.24, 2.45) is 5.73 Å². The number of nitrogens with two attached hydrogens (primary N) is 1. The van der Waals surface area contributed by atoms with Gasteiger partial charge in [-0.3, -0.25) is 4.79 Å². The monoisotopic (exact) mass is 265 g/mol. The first kappa shape index (κ1) is 15.3. The van der Waals surface area contributed by atoms with Crippen molar-refractivity contribution in [1.29, 1.82) is 0 Å². The zero-order valence-electron chi connectivity index (χ0n) is 11.7. The van der Waals surface area contributed by atoms with E-state index in [4.69, 9.17) is 10.5 Å². The van der Waals surface area contributed by atoms with E-state index in [1.54, 1.807) is 19.2 Å². The predicted molar refractivity (Wildman–Crippen MR) is 75.4 cm³/mol. The van der Waals surface area contributed by atoms with Crippen LogP contribution >= 0.6 is 0 Å². The molecule has 4 nitrogen and oxygen atoms in total. The molecule has 0 saturated heterocycles. The molecule has 0 aromatic heterocycles. The summed E-state index contributed by atoms with van der Waals surface area (Å²) in [6.45, 7) is 2.14. The highest BCUT2D eigenvalue weighted by molar-refractivity contribution is 5.75. The van der Waals surface area contributed by atoms with Crippen molar-refractivity contribution < 1.29 is 14.6 Å². The molecule has 0 aliphatic rings. The van der Waals surface area contributed by atoms with Gasteiger partial charge < -0.3 is 15.6 Å². The van der Waals surface area contributed by atoms with Gasteiger partial charge in [0.25, 0.3) is 0 Å². The molecule has 19 heavy (non-hydrogen) atoms. The molecule has 3 N–H and O–H groups in total. The van der Waals surface area contributed by atoms with Crippen molar-refractivity contribution in [3.05, 3.63) is 23.8 Å². The maximum Gasteiger partial charge on any atom is 0.218 e. The largest absolute Gasteiger partial charge is 0.508 e. The number of ether oxygens (including phenoxy) is 1. The van der Waals surface area contributed by atoms with E-state index in [-0.39, 0.29) is 17.6 Å². The molecule has 0 aliphatic heterocycles. The first-order valence-corrected chi connectivity index (χ1v) is 6.73. The van der Waals surface area contributed by atoms with Gasteiger partial charge in [0.05, 0.1) is 7.11 Å². The van der Waals surface area contributed by atoms with Gasteiger partial charge in [-0.15, -0.1) is 0 Å². The van der Waals surface area contributed by atoms with Crippen molar-refractivity contribution in [3.63, 3.8) is 0 Å². The molecule has 0 fully saturated rings. The number of rotatable bonds is 8. The quantitative estimate of drug-likeness (QED) is 0.710. The van der Waals surface area contributed by atoms with Gasteiger partial charge in [0, 0.05) is 12.5 Å². The average molecular weight is 265 g/mol. The van der Waals surface area contributed by atoms with Gasteiger partial charge in [-0.05, 0) is 24.0 Å². The number of methoxy groups -OCH3 is 1. The molecule has 4 heteroatoms. The van der Waals surface area contributed by atoms with E-state index in [1.165, 1.54) is 0 Å². The van der Waals surface area contributed by atoms with Crippen LogP contribution in [-0.2, 0) is 4.79 Å². The summed E-state index contributed by atoms with van der Waals surface area (Å²) in [5.74, 6) is 0.519. The predicted octanol–water partition coefficient (Wildman–Crippen LogP) is 2.94. The van der Waals surface area contributed by atoms with Crippen molar-refractivity contribution in [2.45, 2.75) is 44.9 Å². The first-order valence-electron chi connectivity index (χ1n) is 6.73. The minimum atomic E-state index is -0.309. The van der Waals surface area contributed by atoms with E-state index in [0.29, 0.717) is 12.2 Å². The number of carbonyl (C=O) groups excluding carboxylic acids is 1. The molecule has 1 aromatic rings. The Morgan fingerprint density at radius 1 is 1.42 bits per heavy atom. The molecule has 0 heterocycles.